The minimum Gasteiger partial charge on any atom is -0.349 e. The van der Waals surface area contributed by atoms with Gasteiger partial charge in [0.05, 0.1) is 18.2 Å². The van der Waals surface area contributed by atoms with Crippen LogP contribution in [0.15, 0.2) is 53.9 Å². The van der Waals surface area contributed by atoms with Gasteiger partial charge in [-0.1, -0.05) is 59.6 Å². The molecular weight excluding hydrogens is 352 g/mol. The van der Waals surface area contributed by atoms with E-state index in [1.165, 1.54) is 5.56 Å². The number of carbonyl (C=O) groups is 1. The van der Waals surface area contributed by atoms with Crippen molar-refractivity contribution in [2.24, 2.45) is 0 Å². The minimum absolute atomic E-state index is 0.0619. The average molecular weight is 371 g/mol. The number of aromatic nitrogens is 1. The third-order valence-electron chi connectivity index (χ3n) is 3.94. The highest BCUT2D eigenvalue weighted by Crippen LogP contribution is 2.25. The fourth-order valence-electron chi connectivity index (χ4n) is 2.58. The SMILES string of the molecule is Cc1ccc(-c2nc(CC(=O)NC(C)c3ccccc3Cl)cs2)cc1. The van der Waals surface area contributed by atoms with Gasteiger partial charge in [0.15, 0.2) is 0 Å². The van der Waals surface area contributed by atoms with Gasteiger partial charge in [-0.25, -0.2) is 4.98 Å². The molecule has 0 radical (unpaired) electrons. The first-order chi connectivity index (χ1) is 12.0. The zero-order valence-electron chi connectivity index (χ0n) is 14.1. The van der Waals surface area contributed by atoms with E-state index < -0.39 is 0 Å². The monoisotopic (exact) mass is 370 g/mol. The summed E-state index contributed by atoms with van der Waals surface area (Å²) < 4.78 is 0. The number of benzene rings is 2. The van der Waals surface area contributed by atoms with Gasteiger partial charge in [-0.15, -0.1) is 11.3 Å². The zero-order valence-corrected chi connectivity index (χ0v) is 15.7. The summed E-state index contributed by atoms with van der Waals surface area (Å²) in [6.45, 7) is 3.99. The van der Waals surface area contributed by atoms with Crippen LogP contribution in [0.1, 0.15) is 29.8 Å². The maximum Gasteiger partial charge on any atom is 0.226 e. The van der Waals surface area contributed by atoms with Crippen LogP contribution in [-0.4, -0.2) is 10.9 Å². The number of rotatable bonds is 5. The molecule has 5 heteroatoms. The molecule has 1 amide bonds. The molecule has 0 bridgehead atoms. The topological polar surface area (TPSA) is 42.0 Å². The van der Waals surface area contributed by atoms with E-state index in [4.69, 9.17) is 11.6 Å². The quantitative estimate of drug-likeness (QED) is 0.671. The van der Waals surface area contributed by atoms with Gasteiger partial charge in [0.1, 0.15) is 5.01 Å². The Bertz CT molecular complexity index is 873. The van der Waals surface area contributed by atoms with Crippen LogP contribution >= 0.6 is 22.9 Å². The van der Waals surface area contributed by atoms with Crippen molar-refractivity contribution < 1.29 is 4.79 Å². The predicted octanol–water partition coefficient (Wildman–Crippen LogP) is 5.19. The summed E-state index contributed by atoms with van der Waals surface area (Å²) in [4.78, 5) is 16.9. The molecule has 1 unspecified atom stereocenters. The maximum atomic E-state index is 12.3. The van der Waals surface area contributed by atoms with Crippen molar-refractivity contribution in [1.82, 2.24) is 10.3 Å². The standard InChI is InChI=1S/C20H19ClN2OS/c1-13-7-9-15(10-8-13)20-23-16(12-25-20)11-19(24)22-14(2)17-5-3-4-6-18(17)21/h3-10,12,14H,11H2,1-2H3,(H,22,24). The first-order valence-electron chi connectivity index (χ1n) is 8.08. The summed E-state index contributed by atoms with van der Waals surface area (Å²) in [5, 5.41) is 6.51. The van der Waals surface area contributed by atoms with Crippen molar-refractivity contribution in [3.63, 3.8) is 0 Å². The molecule has 3 rings (SSSR count). The number of thiazole rings is 1. The van der Waals surface area contributed by atoms with E-state index in [1.807, 2.05) is 36.6 Å². The Morgan fingerprint density at radius 3 is 2.64 bits per heavy atom. The van der Waals surface area contributed by atoms with E-state index in [0.29, 0.717) is 5.02 Å². The lowest BCUT2D eigenvalue weighted by molar-refractivity contribution is -0.121. The number of amides is 1. The fourth-order valence-corrected chi connectivity index (χ4v) is 3.70. The van der Waals surface area contributed by atoms with E-state index in [1.54, 1.807) is 11.3 Å². The molecule has 0 aliphatic rings. The van der Waals surface area contributed by atoms with Crippen LogP contribution in [0.5, 0.6) is 0 Å². The molecule has 1 atom stereocenters. The smallest absolute Gasteiger partial charge is 0.226 e. The molecule has 3 aromatic rings. The summed E-state index contributed by atoms with van der Waals surface area (Å²) in [5.41, 5.74) is 3.99. The number of hydrogen-bond acceptors (Lipinski definition) is 3. The van der Waals surface area contributed by atoms with E-state index in [2.05, 4.69) is 41.5 Å². The van der Waals surface area contributed by atoms with Gasteiger partial charge < -0.3 is 5.32 Å². The third kappa shape index (κ3) is 4.47. The van der Waals surface area contributed by atoms with Crippen LogP contribution in [0.3, 0.4) is 0 Å². The highest BCUT2D eigenvalue weighted by Gasteiger charge is 2.14. The van der Waals surface area contributed by atoms with E-state index in [-0.39, 0.29) is 18.4 Å². The Balaban J connectivity index is 1.64. The number of halogens is 1. The largest absolute Gasteiger partial charge is 0.349 e. The van der Waals surface area contributed by atoms with Crippen molar-refractivity contribution in [2.75, 3.05) is 0 Å². The second-order valence-corrected chi connectivity index (χ2v) is 7.26. The number of nitrogens with one attached hydrogen (secondary N) is 1. The Morgan fingerprint density at radius 2 is 1.92 bits per heavy atom. The van der Waals surface area contributed by atoms with E-state index in [9.17, 15) is 4.79 Å². The van der Waals surface area contributed by atoms with Crippen molar-refractivity contribution in [3.8, 4) is 10.6 Å². The Labute approximate surface area is 156 Å². The van der Waals surface area contributed by atoms with Crippen LogP contribution in [0.2, 0.25) is 5.02 Å². The second kappa shape index (κ2) is 7.81. The maximum absolute atomic E-state index is 12.3. The molecule has 0 saturated heterocycles. The molecule has 0 fully saturated rings. The highest BCUT2D eigenvalue weighted by atomic mass is 35.5. The van der Waals surface area contributed by atoms with Crippen LogP contribution in [0.25, 0.3) is 10.6 Å². The lowest BCUT2D eigenvalue weighted by Crippen LogP contribution is -2.28. The van der Waals surface area contributed by atoms with Crippen molar-refractivity contribution >= 4 is 28.8 Å². The Morgan fingerprint density at radius 1 is 1.20 bits per heavy atom. The highest BCUT2D eigenvalue weighted by molar-refractivity contribution is 7.13. The molecule has 1 N–H and O–H groups in total. The molecule has 1 heterocycles. The van der Waals surface area contributed by atoms with E-state index >= 15 is 0 Å². The van der Waals surface area contributed by atoms with Gasteiger partial charge in [-0.05, 0) is 25.5 Å². The van der Waals surface area contributed by atoms with Gasteiger partial charge in [0.25, 0.3) is 0 Å². The van der Waals surface area contributed by atoms with Crippen molar-refractivity contribution in [3.05, 3.63) is 75.8 Å². The first-order valence-corrected chi connectivity index (χ1v) is 9.34. The van der Waals surface area contributed by atoms with Crippen molar-refractivity contribution in [1.29, 1.82) is 0 Å². The summed E-state index contributed by atoms with van der Waals surface area (Å²) >= 11 is 7.74. The molecule has 0 aliphatic heterocycles. The minimum atomic E-state index is -0.142. The summed E-state index contributed by atoms with van der Waals surface area (Å²) in [6, 6.07) is 15.6. The van der Waals surface area contributed by atoms with Crippen LogP contribution in [-0.2, 0) is 11.2 Å². The second-order valence-electron chi connectivity index (χ2n) is 6.00. The zero-order chi connectivity index (χ0) is 17.8. The summed E-state index contributed by atoms with van der Waals surface area (Å²) in [6.07, 6.45) is 0.261. The van der Waals surface area contributed by atoms with Gasteiger partial charge >= 0.3 is 0 Å². The molecule has 128 valence electrons. The normalized spacial score (nSPS) is 12.0. The molecule has 1 aromatic heterocycles. The molecular formula is C20H19ClN2OS. The van der Waals surface area contributed by atoms with Gasteiger partial charge in [0.2, 0.25) is 5.91 Å². The van der Waals surface area contributed by atoms with Gasteiger partial charge in [-0.3, -0.25) is 4.79 Å². The summed E-state index contributed by atoms with van der Waals surface area (Å²) in [5.74, 6) is -0.0619. The molecule has 2 aromatic carbocycles. The number of nitrogens with zero attached hydrogens (tertiary/aromatic N) is 1. The molecule has 0 spiro atoms. The third-order valence-corrected chi connectivity index (χ3v) is 5.23. The van der Waals surface area contributed by atoms with E-state index in [0.717, 1.165) is 21.8 Å². The van der Waals surface area contributed by atoms with Gasteiger partial charge in [0, 0.05) is 16.0 Å². The molecule has 0 aliphatic carbocycles. The van der Waals surface area contributed by atoms with Crippen molar-refractivity contribution in [2.45, 2.75) is 26.3 Å². The Kier molecular flexibility index (Phi) is 5.51. The average Bonchev–Trinajstić information content (AvgIpc) is 3.04. The fraction of sp³-hybridized carbons (Fsp3) is 0.200. The summed E-state index contributed by atoms with van der Waals surface area (Å²) in [7, 11) is 0. The van der Waals surface area contributed by atoms with Crippen LogP contribution < -0.4 is 5.32 Å². The molecule has 3 nitrogen and oxygen atoms in total. The van der Waals surface area contributed by atoms with Crippen LogP contribution in [0, 0.1) is 6.92 Å². The number of aryl methyl sites for hydroxylation is 1. The number of carbonyl (C=O) groups excluding carboxylic acids is 1. The first kappa shape index (κ1) is 17.6. The lowest BCUT2D eigenvalue weighted by atomic mass is 10.1. The van der Waals surface area contributed by atoms with Gasteiger partial charge in [-0.2, -0.15) is 0 Å². The number of hydrogen-bond donors (Lipinski definition) is 1. The Hall–Kier alpha value is -2.17. The van der Waals surface area contributed by atoms with Crippen LogP contribution in [0.4, 0.5) is 0 Å². The lowest BCUT2D eigenvalue weighted by Gasteiger charge is -2.15. The molecule has 25 heavy (non-hydrogen) atoms. The predicted molar refractivity (Wildman–Crippen MR) is 104 cm³/mol. The molecule has 0 saturated carbocycles.